The third-order valence-corrected chi connectivity index (χ3v) is 6.17. The number of anilines is 1. The monoisotopic (exact) mass is 412 g/mol. The van der Waals surface area contributed by atoms with Crippen molar-refractivity contribution in [3.05, 3.63) is 58.2 Å². The van der Waals surface area contributed by atoms with Crippen LogP contribution in [0, 0.1) is 6.92 Å². The normalized spacial score (nSPS) is 16.8. The molecule has 0 bridgehead atoms. The van der Waals surface area contributed by atoms with Crippen molar-refractivity contribution in [3.8, 4) is 5.75 Å². The molecule has 1 aromatic carbocycles. The van der Waals surface area contributed by atoms with Gasteiger partial charge in [0.2, 0.25) is 0 Å². The molecule has 0 saturated carbocycles. The number of amides is 1. The summed E-state index contributed by atoms with van der Waals surface area (Å²) < 4.78 is 11.5. The third-order valence-electron chi connectivity index (χ3n) is 5.19. The lowest BCUT2D eigenvalue weighted by molar-refractivity contribution is 0.0702. The van der Waals surface area contributed by atoms with Crippen molar-refractivity contribution < 1.29 is 13.9 Å². The Bertz CT molecular complexity index is 1010. The topological polar surface area (TPSA) is 94.5 Å². The molecule has 2 aromatic heterocycles. The van der Waals surface area contributed by atoms with Crippen LogP contribution in [0.15, 0.2) is 34.9 Å². The van der Waals surface area contributed by atoms with Gasteiger partial charge in [0.25, 0.3) is 5.91 Å². The first-order chi connectivity index (χ1) is 14.0. The van der Waals surface area contributed by atoms with Crippen LogP contribution in [0.2, 0.25) is 0 Å². The van der Waals surface area contributed by atoms with Crippen LogP contribution >= 0.6 is 11.3 Å². The summed E-state index contributed by atoms with van der Waals surface area (Å²) in [5, 5.41) is 0.424. The zero-order valence-corrected chi connectivity index (χ0v) is 17.4. The number of rotatable bonds is 5. The zero-order chi connectivity index (χ0) is 20.4. The van der Waals surface area contributed by atoms with Gasteiger partial charge in [0, 0.05) is 25.1 Å². The van der Waals surface area contributed by atoms with E-state index >= 15 is 0 Å². The molecule has 3 aromatic rings. The van der Waals surface area contributed by atoms with Crippen molar-refractivity contribution in [2.45, 2.75) is 32.1 Å². The molecule has 2 N–H and O–H groups in total. The number of nitrogen functional groups attached to an aromatic ring is 1. The Morgan fingerprint density at radius 2 is 2.24 bits per heavy atom. The van der Waals surface area contributed by atoms with E-state index in [1.807, 2.05) is 36.1 Å². The average Bonchev–Trinajstić information content (AvgIpc) is 3.34. The summed E-state index contributed by atoms with van der Waals surface area (Å²) in [6.45, 7) is 3.13. The predicted octanol–water partition coefficient (Wildman–Crippen LogP) is 3.64. The molecular weight excluding hydrogens is 388 g/mol. The number of aromatic nitrogens is 2. The summed E-state index contributed by atoms with van der Waals surface area (Å²) >= 11 is 1.25. The van der Waals surface area contributed by atoms with E-state index in [9.17, 15) is 4.79 Å². The van der Waals surface area contributed by atoms with Crippen LogP contribution in [-0.4, -0.2) is 41.0 Å². The molecule has 4 rings (SSSR count). The Morgan fingerprint density at radius 3 is 3.00 bits per heavy atom. The van der Waals surface area contributed by atoms with Gasteiger partial charge >= 0.3 is 0 Å². The molecule has 1 aliphatic rings. The van der Waals surface area contributed by atoms with Gasteiger partial charge in [0.1, 0.15) is 16.4 Å². The number of piperidine rings is 1. The van der Waals surface area contributed by atoms with Crippen molar-refractivity contribution in [1.82, 2.24) is 14.9 Å². The van der Waals surface area contributed by atoms with E-state index in [1.54, 1.807) is 13.3 Å². The number of thiazole rings is 1. The van der Waals surface area contributed by atoms with E-state index in [-0.39, 0.29) is 11.8 Å². The van der Waals surface area contributed by atoms with Gasteiger partial charge in [-0.1, -0.05) is 29.5 Å². The first kappa shape index (κ1) is 19.4. The summed E-state index contributed by atoms with van der Waals surface area (Å²) in [5.41, 5.74) is 7.50. The molecular formula is C21H24N4O3S. The van der Waals surface area contributed by atoms with Crippen molar-refractivity contribution in [3.63, 3.8) is 0 Å². The molecule has 1 fully saturated rings. The molecule has 3 heterocycles. The number of likely N-dealkylation sites (tertiary alicyclic amines) is 1. The molecule has 1 saturated heterocycles. The molecule has 0 aliphatic carbocycles. The lowest BCUT2D eigenvalue weighted by Crippen LogP contribution is -2.39. The van der Waals surface area contributed by atoms with Gasteiger partial charge in [-0.2, -0.15) is 0 Å². The highest BCUT2D eigenvalue weighted by Gasteiger charge is 2.30. The second-order valence-corrected chi connectivity index (χ2v) is 8.24. The van der Waals surface area contributed by atoms with Gasteiger partial charge in [-0.15, -0.1) is 0 Å². The SMILES string of the molecule is COc1ccccc1Cc1cnc([C@H]2CCCN(C(=O)c3sc(N)nc3C)C2)o1. The lowest BCUT2D eigenvalue weighted by Gasteiger charge is -2.31. The number of nitrogens with two attached hydrogens (primary N) is 1. The number of methoxy groups -OCH3 is 1. The number of nitrogens with zero attached hydrogens (tertiary/aromatic N) is 3. The maximum absolute atomic E-state index is 12.9. The number of oxazole rings is 1. The van der Waals surface area contributed by atoms with Crippen molar-refractivity contribution in [2.75, 3.05) is 25.9 Å². The summed E-state index contributed by atoms with van der Waals surface area (Å²) in [5.74, 6) is 2.39. The fourth-order valence-electron chi connectivity index (χ4n) is 3.75. The van der Waals surface area contributed by atoms with Crippen molar-refractivity contribution >= 4 is 22.4 Å². The smallest absolute Gasteiger partial charge is 0.265 e. The van der Waals surface area contributed by atoms with E-state index in [0.717, 1.165) is 36.5 Å². The van der Waals surface area contributed by atoms with Crippen LogP contribution in [0.5, 0.6) is 5.75 Å². The maximum atomic E-state index is 12.9. The summed E-state index contributed by atoms with van der Waals surface area (Å²) in [7, 11) is 1.66. The molecule has 0 radical (unpaired) electrons. The maximum Gasteiger partial charge on any atom is 0.265 e. The number of hydrogen-bond donors (Lipinski definition) is 1. The Balaban J connectivity index is 1.46. The number of carbonyl (C=O) groups is 1. The molecule has 0 spiro atoms. The number of para-hydroxylation sites is 1. The van der Waals surface area contributed by atoms with Crippen LogP contribution in [0.1, 0.15) is 51.3 Å². The Kier molecular flexibility index (Phi) is 5.53. The van der Waals surface area contributed by atoms with Crippen LogP contribution < -0.4 is 10.5 Å². The Hall–Kier alpha value is -2.87. The number of hydrogen-bond acceptors (Lipinski definition) is 7. The minimum Gasteiger partial charge on any atom is -0.496 e. The highest BCUT2D eigenvalue weighted by atomic mass is 32.1. The summed E-state index contributed by atoms with van der Waals surface area (Å²) in [6.07, 6.45) is 4.25. The van der Waals surface area contributed by atoms with Gasteiger partial charge in [0.15, 0.2) is 11.0 Å². The van der Waals surface area contributed by atoms with Gasteiger partial charge in [-0.3, -0.25) is 4.79 Å². The Labute approximate surface area is 173 Å². The van der Waals surface area contributed by atoms with Crippen LogP contribution in [-0.2, 0) is 6.42 Å². The Morgan fingerprint density at radius 1 is 1.41 bits per heavy atom. The third kappa shape index (κ3) is 4.12. The highest BCUT2D eigenvalue weighted by molar-refractivity contribution is 7.17. The molecule has 1 amide bonds. The summed E-state index contributed by atoms with van der Waals surface area (Å²) in [6, 6.07) is 7.88. The summed E-state index contributed by atoms with van der Waals surface area (Å²) in [4.78, 5) is 24.1. The minimum absolute atomic E-state index is 0.0119. The first-order valence-electron chi connectivity index (χ1n) is 9.64. The molecule has 8 heteroatoms. The average molecular weight is 413 g/mol. The quantitative estimate of drug-likeness (QED) is 0.687. The van der Waals surface area contributed by atoms with E-state index in [4.69, 9.17) is 14.9 Å². The fourth-order valence-corrected chi connectivity index (χ4v) is 4.55. The largest absolute Gasteiger partial charge is 0.496 e. The van der Waals surface area contributed by atoms with E-state index in [2.05, 4.69) is 9.97 Å². The second-order valence-electron chi connectivity index (χ2n) is 7.21. The predicted molar refractivity (Wildman–Crippen MR) is 111 cm³/mol. The van der Waals surface area contributed by atoms with E-state index in [0.29, 0.717) is 34.6 Å². The minimum atomic E-state index is -0.0119. The second kappa shape index (κ2) is 8.24. The number of carbonyl (C=O) groups excluding carboxylic acids is 1. The molecule has 1 aliphatic heterocycles. The van der Waals surface area contributed by atoms with E-state index in [1.165, 1.54) is 11.3 Å². The highest BCUT2D eigenvalue weighted by Crippen LogP contribution is 2.30. The lowest BCUT2D eigenvalue weighted by atomic mass is 9.98. The van der Waals surface area contributed by atoms with Gasteiger partial charge in [-0.25, -0.2) is 9.97 Å². The van der Waals surface area contributed by atoms with Crippen LogP contribution in [0.3, 0.4) is 0 Å². The van der Waals surface area contributed by atoms with Crippen molar-refractivity contribution in [1.29, 1.82) is 0 Å². The zero-order valence-electron chi connectivity index (χ0n) is 16.6. The fraction of sp³-hybridized carbons (Fsp3) is 0.381. The molecule has 29 heavy (non-hydrogen) atoms. The standard InChI is InChI=1S/C21H24N4O3S/c1-13-18(29-21(22)24-13)20(26)25-9-5-7-15(12-25)19-23-11-16(28-19)10-14-6-3-4-8-17(14)27-2/h3-4,6,8,11,15H,5,7,9-10,12H2,1-2H3,(H2,22,24)/t15-/m0/s1. The van der Waals surface area contributed by atoms with Crippen LogP contribution in [0.4, 0.5) is 5.13 Å². The number of aryl methyl sites for hydroxylation is 1. The molecule has 7 nitrogen and oxygen atoms in total. The van der Waals surface area contributed by atoms with E-state index < -0.39 is 0 Å². The van der Waals surface area contributed by atoms with Crippen molar-refractivity contribution in [2.24, 2.45) is 0 Å². The number of benzene rings is 1. The molecule has 0 unspecified atom stereocenters. The first-order valence-corrected chi connectivity index (χ1v) is 10.5. The molecule has 152 valence electrons. The number of ether oxygens (including phenoxy) is 1. The van der Waals surface area contributed by atoms with Gasteiger partial charge < -0.3 is 19.8 Å². The van der Waals surface area contributed by atoms with Gasteiger partial charge in [-0.05, 0) is 25.8 Å². The molecule has 1 atom stereocenters. The van der Waals surface area contributed by atoms with Crippen LogP contribution in [0.25, 0.3) is 0 Å². The van der Waals surface area contributed by atoms with Gasteiger partial charge in [0.05, 0.1) is 24.9 Å².